The Bertz CT molecular complexity index is 381. The van der Waals surface area contributed by atoms with Crippen LogP contribution in [0.4, 0.5) is 0 Å². The molecule has 1 heterocycles. The van der Waals surface area contributed by atoms with Crippen LogP contribution >= 0.6 is 15.9 Å². The van der Waals surface area contributed by atoms with E-state index in [4.69, 9.17) is 0 Å². The SMILES string of the molecule is CNC(CCN1CCCC1C)c1ccccc1Br. The minimum Gasteiger partial charge on any atom is -0.313 e. The largest absolute Gasteiger partial charge is 0.313 e. The zero-order chi connectivity index (χ0) is 13.0. The van der Waals surface area contributed by atoms with Crippen molar-refractivity contribution < 1.29 is 0 Å². The van der Waals surface area contributed by atoms with Gasteiger partial charge in [-0.3, -0.25) is 0 Å². The molecule has 2 rings (SSSR count). The Morgan fingerprint density at radius 2 is 2.22 bits per heavy atom. The monoisotopic (exact) mass is 310 g/mol. The fourth-order valence-corrected chi connectivity index (χ4v) is 3.39. The van der Waals surface area contributed by atoms with Gasteiger partial charge in [-0.15, -0.1) is 0 Å². The van der Waals surface area contributed by atoms with Gasteiger partial charge in [-0.05, 0) is 51.4 Å². The normalized spacial score (nSPS) is 22.3. The molecule has 1 fully saturated rings. The quantitative estimate of drug-likeness (QED) is 0.894. The molecule has 0 radical (unpaired) electrons. The van der Waals surface area contributed by atoms with E-state index in [2.05, 4.69) is 64.4 Å². The van der Waals surface area contributed by atoms with E-state index in [1.54, 1.807) is 0 Å². The van der Waals surface area contributed by atoms with E-state index in [1.165, 1.54) is 42.4 Å². The van der Waals surface area contributed by atoms with Crippen LogP contribution in [0.5, 0.6) is 0 Å². The van der Waals surface area contributed by atoms with Crippen LogP contribution in [0.15, 0.2) is 28.7 Å². The van der Waals surface area contributed by atoms with Gasteiger partial charge in [0.15, 0.2) is 0 Å². The molecule has 2 nitrogen and oxygen atoms in total. The van der Waals surface area contributed by atoms with Gasteiger partial charge in [0, 0.05) is 23.1 Å². The Morgan fingerprint density at radius 1 is 1.44 bits per heavy atom. The van der Waals surface area contributed by atoms with E-state index in [-0.39, 0.29) is 0 Å². The number of halogens is 1. The maximum atomic E-state index is 3.65. The molecular weight excluding hydrogens is 288 g/mol. The van der Waals surface area contributed by atoms with E-state index in [9.17, 15) is 0 Å². The van der Waals surface area contributed by atoms with Gasteiger partial charge in [-0.2, -0.15) is 0 Å². The summed E-state index contributed by atoms with van der Waals surface area (Å²) in [6.07, 6.45) is 3.89. The molecule has 2 unspecified atom stereocenters. The molecule has 0 aromatic heterocycles. The summed E-state index contributed by atoms with van der Waals surface area (Å²) in [7, 11) is 2.05. The average Bonchev–Trinajstić information content (AvgIpc) is 2.78. The average molecular weight is 311 g/mol. The molecule has 1 N–H and O–H groups in total. The third-order valence-electron chi connectivity index (χ3n) is 4.02. The van der Waals surface area contributed by atoms with Crippen molar-refractivity contribution in [3.05, 3.63) is 34.3 Å². The van der Waals surface area contributed by atoms with Gasteiger partial charge < -0.3 is 10.2 Å². The van der Waals surface area contributed by atoms with Crippen LogP contribution in [0.25, 0.3) is 0 Å². The van der Waals surface area contributed by atoms with Crippen LogP contribution in [0.3, 0.4) is 0 Å². The van der Waals surface area contributed by atoms with Crippen molar-refractivity contribution >= 4 is 15.9 Å². The van der Waals surface area contributed by atoms with Crippen molar-refractivity contribution in [2.24, 2.45) is 0 Å². The summed E-state index contributed by atoms with van der Waals surface area (Å²) in [6.45, 7) is 4.81. The molecule has 100 valence electrons. The van der Waals surface area contributed by atoms with Gasteiger partial charge in [0.25, 0.3) is 0 Å². The number of likely N-dealkylation sites (tertiary alicyclic amines) is 1. The molecule has 0 bridgehead atoms. The van der Waals surface area contributed by atoms with E-state index in [0.29, 0.717) is 6.04 Å². The highest BCUT2D eigenvalue weighted by Crippen LogP contribution is 2.26. The lowest BCUT2D eigenvalue weighted by Gasteiger charge is -2.25. The molecule has 1 aromatic rings. The van der Waals surface area contributed by atoms with Gasteiger partial charge in [0.05, 0.1) is 0 Å². The lowest BCUT2D eigenvalue weighted by molar-refractivity contribution is 0.253. The molecule has 1 aromatic carbocycles. The maximum Gasteiger partial charge on any atom is 0.0340 e. The highest BCUT2D eigenvalue weighted by Gasteiger charge is 2.21. The van der Waals surface area contributed by atoms with Gasteiger partial charge in [0.2, 0.25) is 0 Å². The van der Waals surface area contributed by atoms with Gasteiger partial charge in [0.1, 0.15) is 0 Å². The van der Waals surface area contributed by atoms with Crippen LogP contribution in [0.1, 0.15) is 37.8 Å². The van der Waals surface area contributed by atoms with E-state index >= 15 is 0 Å². The second-order valence-electron chi connectivity index (χ2n) is 5.18. The zero-order valence-corrected chi connectivity index (χ0v) is 12.9. The maximum absolute atomic E-state index is 3.65. The number of hydrogen-bond acceptors (Lipinski definition) is 2. The third kappa shape index (κ3) is 3.34. The molecule has 1 aliphatic heterocycles. The van der Waals surface area contributed by atoms with E-state index in [1.807, 2.05) is 0 Å². The second-order valence-corrected chi connectivity index (χ2v) is 6.03. The van der Waals surface area contributed by atoms with Gasteiger partial charge >= 0.3 is 0 Å². The lowest BCUT2D eigenvalue weighted by atomic mass is 10.0. The van der Waals surface area contributed by atoms with Gasteiger partial charge in [-0.1, -0.05) is 34.1 Å². The third-order valence-corrected chi connectivity index (χ3v) is 4.75. The van der Waals surface area contributed by atoms with Crippen molar-refractivity contribution in [1.29, 1.82) is 0 Å². The fourth-order valence-electron chi connectivity index (χ4n) is 2.83. The Kier molecular flexibility index (Phi) is 5.22. The predicted molar refractivity (Wildman–Crippen MR) is 80.8 cm³/mol. The zero-order valence-electron chi connectivity index (χ0n) is 11.3. The molecular formula is C15H23BrN2. The number of hydrogen-bond donors (Lipinski definition) is 1. The molecule has 0 spiro atoms. The Morgan fingerprint density at radius 3 is 2.83 bits per heavy atom. The van der Waals surface area contributed by atoms with Crippen molar-refractivity contribution in [1.82, 2.24) is 10.2 Å². The molecule has 0 amide bonds. The van der Waals surface area contributed by atoms with Crippen molar-refractivity contribution in [2.45, 2.75) is 38.3 Å². The Hall–Kier alpha value is -0.380. The molecule has 2 atom stereocenters. The van der Waals surface area contributed by atoms with Crippen LogP contribution < -0.4 is 5.32 Å². The number of nitrogens with one attached hydrogen (secondary N) is 1. The minimum atomic E-state index is 0.438. The first-order chi connectivity index (χ1) is 8.72. The number of rotatable bonds is 5. The molecule has 0 aliphatic carbocycles. The number of nitrogens with zero attached hydrogens (tertiary/aromatic N) is 1. The molecule has 1 aliphatic rings. The Labute approximate surface area is 119 Å². The summed E-state index contributed by atoms with van der Waals surface area (Å²) in [5, 5.41) is 3.44. The van der Waals surface area contributed by atoms with Crippen LogP contribution in [-0.2, 0) is 0 Å². The predicted octanol–water partition coefficient (Wildman–Crippen LogP) is 3.58. The summed E-state index contributed by atoms with van der Waals surface area (Å²) >= 11 is 3.65. The number of benzene rings is 1. The summed E-state index contributed by atoms with van der Waals surface area (Å²) in [6, 6.07) is 9.72. The van der Waals surface area contributed by atoms with E-state index < -0.39 is 0 Å². The first-order valence-electron chi connectivity index (χ1n) is 6.88. The standard InChI is InChI=1S/C15H23BrN2/c1-12-6-5-10-18(12)11-9-15(17-2)13-7-3-4-8-14(13)16/h3-4,7-8,12,15,17H,5-6,9-11H2,1-2H3. The van der Waals surface area contributed by atoms with Crippen LogP contribution in [0, 0.1) is 0 Å². The Balaban J connectivity index is 1.95. The fraction of sp³-hybridized carbons (Fsp3) is 0.600. The second kappa shape index (κ2) is 6.69. The summed E-state index contributed by atoms with van der Waals surface area (Å²) < 4.78 is 1.21. The first-order valence-corrected chi connectivity index (χ1v) is 7.67. The van der Waals surface area contributed by atoms with Crippen molar-refractivity contribution in [3.8, 4) is 0 Å². The highest BCUT2D eigenvalue weighted by molar-refractivity contribution is 9.10. The van der Waals surface area contributed by atoms with Crippen molar-refractivity contribution in [3.63, 3.8) is 0 Å². The molecule has 3 heteroatoms. The first kappa shape index (κ1) is 14.0. The topological polar surface area (TPSA) is 15.3 Å². The van der Waals surface area contributed by atoms with Crippen molar-refractivity contribution in [2.75, 3.05) is 20.1 Å². The minimum absolute atomic E-state index is 0.438. The van der Waals surface area contributed by atoms with E-state index in [0.717, 1.165) is 6.04 Å². The van der Waals surface area contributed by atoms with Gasteiger partial charge in [-0.25, -0.2) is 0 Å². The van der Waals surface area contributed by atoms with Crippen LogP contribution in [-0.4, -0.2) is 31.1 Å². The lowest BCUT2D eigenvalue weighted by Crippen LogP contribution is -2.31. The summed E-state index contributed by atoms with van der Waals surface area (Å²) in [5.74, 6) is 0. The summed E-state index contributed by atoms with van der Waals surface area (Å²) in [5.41, 5.74) is 1.37. The van der Waals surface area contributed by atoms with Crippen LogP contribution in [0.2, 0.25) is 0 Å². The molecule has 1 saturated heterocycles. The summed E-state index contributed by atoms with van der Waals surface area (Å²) in [4.78, 5) is 2.61. The molecule has 0 saturated carbocycles. The highest BCUT2D eigenvalue weighted by atomic mass is 79.9. The smallest absolute Gasteiger partial charge is 0.0340 e. The molecule has 18 heavy (non-hydrogen) atoms.